The monoisotopic (exact) mass is 616 g/mol. The Morgan fingerprint density at radius 1 is 1.00 bits per heavy atom. The molecule has 0 spiro atoms. The van der Waals surface area contributed by atoms with E-state index < -0.39 is 0 Å². The topological polar surface area (TPSA) is 59.1 Å². The van der Waals surface area contributed by atoms with E-state index in [-0.39, 0.29) is 36.4 Å². The molecule has 1 saturated carbocycles. The van der Waals surface area contributed by atoms with Crippen molar-refractivity contribution in [3.63, 3.8) is 0 Å². The molecule has 1 aliphatic heterocycles. The van der Waals surface area contributed by atoms with Gasteiger partial charge in [0.05, 0.1) is 31.7 Å². The van der Waals surface area contributed by atoms with Crippen molar-refractivity contribution in [2.24, 2.45) is 5.92 Å². The molecule has 0 saturated heterocycles. The molecule has 44 heavy (non-hydrogen) atoms. The number of rotatable bonds is 10. The summed E-state index contributed by atoms with van der Waals surface area (Å²) >= 11 is 6.28. The van der Waals surface area contributed by atoms with E-state index in [2.05, 4.69) is 26.0 Å². The predicted molar refractivity (Wildman–Crippen MR) is 177 cm³/mol. The van der Waals surface area contributed by atoms with Crippen molar-refractivity contribution in [2.45, 2.75) is 90.8 Å². The van der Waals surface area contributed by atoms with Crippen molar-refractivity contribution >= 4 is 29.1 Å². The Hall–Kier alpha value is -3.51. The average Bonchev–Trinajstić information content (AvgIpc) is 3.03. The largest absolute Gasteiger partial charge is 0.493 e. The van der Waals surface area contributed by atoms with Crippen molar-refractivity contribution in [3.8, 4) is 11.5 Å². The van der Waals surface area contributed by atoms with Gasteiger partial charge in [0.2, 0.25) is 11.8 Å². The van der Waals surface area contributed by atoms with Gasteiger partial charge in [-0.3, -0.25) is 9.59 Å². The Balaban J connectivity index is 1.51. The van der Waals surface area contributed by atoms with E-state index in [1.165, 1.54) is 32.1 Å². The SMILES string of the molecule is CC[C@@H](C)Oc1cc2c(cc1OC)CC(=O)N(c1ccc(C(C)N(CC3CCCCC3)C(C)=O)cc1)C2c1ccc(Cl)cc1. The molecule has 0 radical (unpaired) electrons. The molecule has 1 aliphatic carbocycles. The average molecular weight is 617 g/mol. The normalized spacial score (nSPS) is 18.4. The number of fused-ring (bicyclic) bond motifs is 1. The summed E-state index contributed by atoms with van der Waals surface area (Å²) in [5.74, 6) is 1.96. The minimum absolute atomic E-state index is 0.00134. The van der Waals surface area contributed by atoms with E-state index in [1.807, 2.05) is 65.3 Å². The van der Waals surface area contributed by atoms with Crippen molar-refractivity contribution < 1.29 is 19.1 Å². The maximum atomic E-state index is 13.9. The third-order valence-corrected chi connectivity index (χ3v) is 9.63. The highest BCUT2D eigenvalue weighted by Gasteiger charge is 2.36. The smallest absolute Gasteiger partial charge is 0.232 e. The molecular weight excluding hydrogens is 572 g/mol. The van der Waals surface area contributed by atoms with E-state index >= 15 is 0 Å². The Bertz CT molecular complexity index is 1450. The molecule has 0 N–H and O–H groups in total. The molecule has 1 fully saturated rings. The van der Waals surface area contributed by atoms with Gasteiger partial charge in [0.25, 0.3) is 0 Å². The summed E-state index contributed by atoms with van der Waals surface area (Å²) in [6.45, 7) is 8.69. The number of amides is 2. The lowest BCUT2D eigenvalue weighted by Gasteiger charge is -2.38. The predicted octanol–water partition coefficient (Wildman–Crippen LogP) is 8.69. The summed E-state index contributed by atoms with van der Waals surface area (Å²) in [5.41, 5.74) is 4.74. The van der Waals surface area contributed by atoms with Crippen LogP contribution in [0.15, 0.2) is 60.7 Å². The molecular formula is C37H45ClN2O4. The molecule has 3 aromatic carbocycles. The van der Waals surface area contributed by atoms with E-state index in [1.54, 1.807) is 14.0 Å². The number of ether oxygens (including phenoxy) is 2. The molecule has 3 aromatic rings. The van der Waals surface area contributed by atoms with Gasteiger partial charge in [-0.2, -0.15) is 0 Å². The highest BCUT2D eigenvalue weighted by Crippen LogP contribution is 2.44. The fourth-order valence-electron chi connectivity index (χ4n) is 6.68. The van der Waals surface area contributed by atoms with Gasteiger partial charge in [0, 0.05) is 24.2 Å². The number of nitrogens with zero attached hydrogens (tertiary/aromatic N) is 2. The highest BCUT2D eigenvalue weighted by molar-refractivity contribution is 6.30. The molecule has 0 bridgehead atoms. The quantitative estimate of drug-likeness (QED) is 0.229. The van der Waals surface area contributed by atoms with Crippen LogP contribution in [0.1, 0.15) is 101 Å². The standard InChI is InChI=1S/C37H45ClN2O4/c1-6-24(2)44-35-22-33-30(20-34(35)43-5)21-36(42)40(37(33)29-12-16-31(38)17-13-29)32-18-14-28(15-19-32)25(3)39(26(4)41)23-27-10-8-7-9-11-27/h12-20,22,24-25,27,37H,6-11,21,23H2,1-5H3/t24-,25?,37?/m1/s1. The van der Waals surface area contributed by atoms with Gasteiger partial charge < -0.3 is 19.3 Å². The summed E-state index contributed by atoms with van der Waals surface area (Å²) in [6, 6.07) is 19.4. The zero-order chi connectivity index (χ0) is 31.4. The van der Waals surface area contributed by atoms with Crippen LogP contribution < -0.4 is 14.4 Å². The summed E-state index contributed by atoms with van der Waals surface area (Å²) in [4.78, 5) is 30.6. The van der Waals surface area contributed by atoms with Gasteiger partial charge in [-0.15, -0.1) is 0 Å². The van der Waals surface area contributed by atoms with Gasteiger partial charge >= 0.3 is 0 Å². The van der Waals surface area contributed by atoms with Crippen molar-refractivity contribution in [1.82, 2.24) is 4.90 Å². The maximum absolute atomic E-state index is 13.9. The van der Waals surface area contributed by atoms with Crippen molar-refractivity contribution in [3.05, 3.63) is 87.9 Å². The van der Waals surface area contributed by atoms with E-state index in [0.29, 0.717) is 22.4 Å². The van der Waals surface area contributed by atoms with E-state index in [9.17, 15) is 9.59 Å². The number of carbonyl (C=O) groups excluding carboxylic acids is 2. The lowest BCUT2D eigenvalue weighted by molar-refractivity contribution is -0.132. The first-order valence-electron chi connectivity index (χ1n) is 16.0. The number of methoxy groups -OCH3 is 1. The fraction of sp³-hybridized carbons (Fsp3) is 0.459. The Morgan fingerprint density at radius 2 is 1.68 bits per heavy atom. The number of benzene rings is 3. The van der Waals surface area contributed by atoms with Gasteiger partial charge in [0.1, 0.15) is 0 Å². The minimum Gasteiger partial charge on any atom is -0.493 e. The molecule has 2 unspecified atom stereocenters. The lowest BCUT2D eigenvalue weighted by Crippen LogP contribution is -2.41. The van der Waals surface area contributed by atoms with Crippen LogP contribution >= 0.6 is 11.6 Å². The molecule has 234 valence electrons. The lowest BCUT2D eigenvalue weighted by atomic mass is 9.86. The van der Waals surface area contributed by atoms with Crippen molar-refractivity contribution in [1.29, 1.82) is 0 Å². The Kier molecular flexibility index (Phi) is 10.2. The van der Waals surface area contributed by atoms with Gasteiger partial charge in [-0.1, -0.05) is 62.1 Å². The first-order valence-corrected chi connectivity index (χ1v) is 16.4. The zero-order valence-corrected chi connectivity index (χ0v) is 27.4. The molecule has 1 heterocycles. The zero-order valence-electron chi connectivity index (χ0n) is 26.6. The van der Waals surface area contributed by atoms with Crippen LogP contribution in [-0.2, 0) is 16.0 Å². The van der Waals surface area contributed by atoms with Crippen LogP contribution in [0.5, 0.6) is 11.5 Å². The fourth-order valence-corrected chi connectivity index (χ4v) is 6.80. The van der Waals surface area contributed by atoms with E-state index in [4.69, 9.17) is 21.1 Å². The number of hydrogen-bond acceptors (Lipinski definition) is 4. The first-order chi connectivity index (χ1) is 21.2. The highest BCUT2D eigenvalue weighted by atomic mass is 35.5. The van der Waals surface area contributed by atoms with Crippen LogP contribution in [0.2, 0.25) is 5.02 Å². The second-order valence-electron chi connectivity index (χ2n) is 12.4. The third kappa shape index (κ3) is 6.91. The number of hydrogen-bond donors (Lipinski definition) is 0. The van der Waals surface area contributed by atoms with E-state index in [0.717, 1.165) is 40.9 Å². The molecule has 2 aliphatic rings. The number of carbonyl (C=O) groups is 2. The number of anilines is 1. The van der Waals surface area contributed by atoms with Gasteiger partial charge in [0.15, 0.2) is 11.5 Å². The summed E-state index contributed by atoms with van der Waals surface area (Å²) in [5, 5.41) is 0.639. The summed E-state index contributed by atoms with van der Waals surface area (Å²) in [6.07, 6.45) is 7.29. The van der Waals surface area contributed by atoms with Crippen molar-refractivity contribution in [2.75, 3.05) is 18.6 Å². The molecule has 6 nitrogen and oxygen atoms in total. The van der Waals surface area contributed by atoms with Crippen LogP contribution in [0, 0.1) is 5.92 Å². The summed E-state index contributed by atoms with van der Waals surface area (Å²) in [7, 11) is 1.63. The third-order valence-electron chi connectivity index (χ3n) is 9.38. The Morgan fingerprint density at radius 3 is 2.30 bits per heavy atom. The maximum Gasteiger partial charge on any atom is 0.232 e. The van der Waals surface area contributed by atoms with Crippen LogP contribution in [0.4, 0.5) is 5.69 Å². The number of halogens is 1. The summed E-state index contributed by atoms with van der Waals surface area (Å²) < 4.78 is 12.0. The van der Waals surface area contributed by atoms with Crippen LogP contribution in [0.3, 0.4) is 0 Å². The molecule has 7 heteroatoms. The second kappa shape index (κ2) is 14.1. The van der Waals surface area contributed by atoms with Gasteiger partial charge in [-0.25, -0.2) is 0 Å². The Labute approximate surface area is 267 Å². The first kappa shape index (κ1) is 31.9. The minimum atomic E-state index is -0.378. The van der Waals surface area contributed by atoms with Gasteiger partial charge in [-0.05, 0) is 97.7 Å². The van der Waals surface area contributed by atoms with Crippen LogP contribution in [-0.4, -0.2) is 36.5 Å². The molecule has 3 atom stereocenters. The van der Waals surface area contributed by atoms with Crippen LogP contribution in [0.25, 0.3) is 0 Å². The second-order valence-corrected chi connectivity index (χ2v) is 12.8. The molecule has 5 rings (SSSR count). The molecule has 2 amide bonds. The molecule has 0 aromatic heterocycles.